The van der Waals surface area contributed by atoms with Gasteiger partial charge in [0.2, 0.25) is 0 Å². The van der Waals surface area contributed by atoms with E-state index in [2.05, 4.69) is 42.3 Å². The number of para-hydroxylation sites is 1. The quantitative estimate of drug-likeness (QED) is 0.783. The van der Waals surface area contributed by atoms with Crippen molar-refractivity contribution in [3.8, 4) is 5.75 Å². The first kappa shape index (κ1) is 14.5. The van der Waals surface area contributed by atoms with Crippen molar-refractivity contribution in [3.05, 3.63) is 59.9 Å². The number of aromatic nitrogens is 1. The molecule has 0 fully saturated rings. The zero-order valence-corrected chi connectivity index (χ0v) is 12.2. The molecule has 0 atom stereocenters. The molecule has 2 rings (SSSR count). The molecule has 106 valence electrons. The fourth-order valence-electron chi connectivity index (χ4n) is 2.06. The maximum absolute atomic E-state index is 5.86. The third-order valence-electron chi connectivity index (χ3n) is 3.13. The van der Waals surface area contributed by atoms with Gasteiger partial charge in [0.05, 0.1) is 0 Å². The SMILES string of the molecule is CC(C)c1ccccc1OCCNCc1cccnc1. The van der Waals surface area contributed by atoms with E-state index in [4.69, 9.17) is 4.74 Å². The topological polar surface area (TPSA) is 34.1 Å². The molecule has 2 aromatic rings. The van der Waals surface area contributed by atoms with Crippen molar-refractivity contribution in [1.29, 1.82) is 0 Å². The molecule has 20 heavy (non-hydrogen) atoms. The van der Waals surface area contributed by atoms with Crippen molar-refractivity contribution < 1.29 is 4.74 Å². The standard InChI is InChI=1S/C17H22N2O/c1-14(2)16-7-3-4-8-17(16)20-11-10-19-13-15-6-5-9-18-12-15/h3-9,12,14,19H,10-11,13H2,1-2H3. The number of pyridine rings is 1. The lowest BCUT2D eigenvalue weighted by atomic mass is 10.0. The molecule has 0 unspecified atom stereocenters. The fourth-order valence-corrected chi connectivity index (χ4v) is 2.06. The van der Waals surface area contributed by atoms with Crippen LogP contribution in [0.5, 0.6) is 5.75 Å². The summed E-state index contributed by atoms with van der Waals surface area (Å²) in [6.45, 7) is 6.68. The predicted octanol–water partition coefficient (Wildman–Crippen LogP) is 3.37. The van der Waals surface area contributed by atoms with Crippen LogP contribution in [-0.4, -0.2) is 18.1 Å². The van der Waals surface area contributed by atoms with Gasteiger partial charge in [0, 0.05) is 25.5 Å². The van der Waals surface area contributed by atoms with Gasteiger partial charge >= 0.3 is 0 Å². The van der Waals surface area contributed by atoms with Gasteiger partial charge in [-0.3, -0.25) is 4.98 Å². The summed E-state index contributed by atoms with van der Waals surface area (Å²) in [6, 6.07) is 12.3. The van der Waals surface area contributed by atoms with E-state index in [0.29, 0.717) is 12.5 Å². The summed E-state index contributed by atoms with van der Waals surface area (Å²) in [6.07, 6.45) is 3.66. The van der Waals surface area contributed by atoms with Crippen molar-refractivity contribution in [2.24, 2.45) is 0 Å². The smallest absolute Gasteiger partial charge is 0.122 e. The summed E-state index contributed by atoms with van der Waals surface area (Å²) in [5, 5.41) is 3.36. The number of ether oxygens (including phenoxy) is 1. The van der Waals surface area contributed by atoms with Gasteiger partial charge in [0.25, 0.3) is 0 Å². The molecule has 0 radical (unpaired) electrons. The molecule has 1 heterocycles. The Kier molecular flexibility index (Phi) is 5.56. The molecular weight excluding hydrogens is 248 g/mol. The van der Waals surface area contributed by atoms with Crippen molar-refractivity contribution in [2.75, 3.05) is 13.2 Å². The van der Waals surface area contributed by atoms with Gasteiger partial charge in [0.15, 0.2) is 0 Å². The number of nitrogens with one attached hydrogen (secondary N) is 1. The minimum atomic E-state index is 0.481. The Morgan fingerprint density at radius 3 is 2.75 bits per heavy atom. The van der Waals surface area contributed by atoms with Crippen LogP contribution < -0.4 is 10.1 Å². The van der Waals surface area contributed by atoms with Gasteiger partial charge in [-0.25, -0.2) is 0 Å². The number of hydrogen-bond acceptors (Lipinski definition) is 3. The number of nitrogens with zero attached hydrogens (tertiary/aromatic N) is 1. The highest BCUT2D eigenvalue weighted by atomic mass is 16.5. The molecule has 0 bridgehead atoms. The van der Waals surface area contributed by atoms with Crippen molar-refractivity contribution >= 4 is 0 Å². The average Bonchev–Trinajstić information content (AvgIpc) is 2.48. The van der Waals surface area contributed by atoms with Gasteiger partial charge in [-0.2, -0.15) is 0 Å². The third-order valence-corrected chi connectivity index (χ3v) is 3.13. The molecule has 1 N–H and O–H groups in total. The van der Waals surface area contributed by atoms with E-state index in [-0.39, 0.29) is 0 Å². The van der Waals surface area contributed by atoms with Crippen LogP contribution in [0, 0.1) is 0 Å². The predicted molar refractivity (Wildman–Crippen MR) is 82.0 cm³/mol. The summed E-state index contributed by atoms with van der Waals surface area (Å²) in [5.74, 6) is 1.47. The molecule has 0 amide bonds. The van der Waals surface area contributed by atoms with Crippen LogP contribution in [0.25, 0.3) is 0 Å². The maximum atomic E-state index is 5.86. The second-order valence-electron chi connectivity index (χ2n) is 5.08. The van der Waals surface area contributed by atoms with Gasteiger partial charge < -0.3 is 10.1 Å². The van der Waals surface area contributed by atoms with Crippen LogP contribution in [0.15, 0.2) is 48.8 Å². The highest BCUT2D eigenvalue weighted by molar-refractivity contribution is 5.35. The van der Waals surface area contributed by atoms with Crippen LogP contribution in [0.3, 0.4) is 0 Å². The Hall–Kier alpha value is -1.87. The van der Waals surface area contributed by atoms with E-state index in [0.717, 1.165) is 18.8 Å². The summed E-state index contributed by atoms with van der Waals surface area (Å²) < 4.78 is 5.86. The first-order chi connectivity index (χ1) is 9.77. The molecular formula is C17H22N2O. The zero-order valence-electron chi connectivity index (χ0n) is 12.2. The molecule has 0 saturated heterocycles. The minimum Gasteiger partial charge on any atom is -0.492 e. The lowest BCUT2D eigenvalue weighted by molar-refractivity contribution is 0.309. The zero-order chi connectivity index (χ0) is 14.2. The highest BCUT2D eigenvalue weighted by Crippen LogP contribution is 2.25. The molecule has 0 saturated carbocycles. The molecule has 0 aliphatic carbocycles. The Bertz CT molecular complexity index is 511. The maximum Gasteiger partial charge on any atom is 0.122 e. The molecule has 1 aromatic carbocycles. The van der Waals surface area contributed by atoms with Crippen molar-refractivity contribution in [3.63, 3.8) is 0 Å². The molecule has 3 nitrogen and oxygen atoms in total. The van der Waals surface area contributed by atoms with E-state index in [1.807, 2.05) is 24.4 Å². The Morgan fingerprint density at radius 2 is 2.00 bits per heavy atom. The lowest BCUT2D eigenvalue weighted by Gasteiger charge is -2.14. The molecule has 0 aliphatic rings. The summed E-state index contributed by atoms with van der Waals surface area (Å²) >= 11 is 0. The summed E-state index contributed by atoms with van der Waals surface area (Å²) in [5.41, 5.74) is 2.45. The second-order valence-corrected chi connectivity index (χ2v) is 5.08. The van der Waals surface area contributed by atoms with E-state index in [1.165, 1.54) is 11.1 Å². The van der Waals surface area contributed by atoms with E-state index in [9.17, 15) is 0 Å². The van der Waals surface area contributed by atoms with Crippen molar-refractivity contribution in [2.45, 2.75) is 26.3 Å². The van der Waals surface area contributed by atoms with Gasteiger partial charge in [-0.1, -0.05) is 38.1 Å². The molecule has 0 aliphatic heterocycles. The highest BCUT2D eigenvalue weighted by Gasteiger charge is 2.06. The first-order valence-electron chi connectivity index (χ1n) is 7.08. The lowest BCUT2D eigenvalue weighted by Crippen LogP contribution is -2.21. The monoisotopic (exact) mass is 270 g/mol. The van der Waals surface area contributed by atoms with Crippen LogP contribution in [0.2, 0.25) is 0 Å². The normalized spacial score (nSPS) is 10.8. The Balaban J connectivity index is 1.74. The van der Waals surface area contributed by atoms with Crippen LogP contribution in [-0.2, 0) is 6.54 Å². The summed E-state index contributed by atoms with van der Waals surface area (Å²) in [7, 11) is 0. The largest absolute Gasteiger partial charge is 0.492 e. The number of rotatable bonds is 7. The first-order valence-corrected chi connectivity index (χ1v) is 7.08. The Labute approximate surface area is 121 Å². The van der Waals surface area contributed by atoms with Crippen LogP contribution >= 0.6 is 0 Å². The van der Waals surface area contributed by atoms with Crippen LogP contribution in [0.1, 0.15) is 30.9 Å². The third kappa shape index (κ3) is 4.35. The van der Waals surface area contributed by atoms with Gasteiger partial charge in [0.1, 0.15) is 12.4 Å². The van der Waals surface area contributed by atoms with E-state index in [1.54, 1.807) is 6.20 Å². The van der Waals surface area contributed by atoms with E-state index < -0.39 is 0 Å². The Morgan fingerprint density at radius 1 is 1.15 bits per heavy atom. The number of hydrogen-bond donors (Lipinski definition) is 1. The summed E-state index contributed by atoms with van der Waals surface area (Å²) in [4.78, 5) is 4.09. The van der Waals surface area contributed by atoms with Gasteiger partial charge in [-0.15, -0.1) is 0 Å². The van der Waals surface area contributed by atoms with Crippen LogP contribution in [0.4, 0.5) is 0 Å². The van der Waals surface area contributed by atoms with Crippen molar-refractivity contribution in [1.82, 2.24) is 10.3 Å². The fraction of sp³-hybridized carbons (Fsp3) is 0.353. The number of benzene rings is 1. The van der Waals surface area contributed by atoms with E-state index >= 15 is 0 Å². The molecule has 3 heteroatoms. The average molecular weight is 270 g/mol. The molecule has 0 spiro atoms. The second kappa shape index (κ2) is 7.65. The van der Waals surface area contributed by atoms with Gasteiger partial charge in [-0.05, 0) is 29.2 Å². The minimum absolute atomic E-state index is 0.481. The molecule has 1 aromatic heterocycles.